The Hall–Kier alpha value is -1.50. The molecule has 1 aromatic heterocycles. The molecule has 3 rings (SSSR count). The smallest absolute Gasteiger partial charge is 0.260 e. The maximum Gasteiger partial charge on any atom is 0.260 e. The first-order valence-corrected chi connectivity index (χ1v) is 7.66. The van der Waals surface area contributed by atoms with Gasteiger partial charge < -0.3 is 5.73 Å². The minimum Gasteiger partial charge on any atom is -0.327 e. The van der Waals surface area contributed by atoms with Crippen LogP contribution in [-0.4, -0.2) is 16.9 Å². The monoisotopic (exact) mass is 341 g/mol. The van der Waals surface area contributed by atoms with Gasteiger partial charge in [-0.2, -0.15) is 0 Å². The lowest BCUT2D eigenvalue weighted by molar-refractivity contribution is 0.102. The number of carbonyl (C=O) groups is 1. The van der Waals surface area contributed by atoms with E-state index in [2.05, 4.69) is 10.3 Å². The van der Waals surface area contributed by atoms with Crippen molar-refractivity contribution in [2.75, 3.05) is 5.32 Å². The van der Waals surface area contributed by atoms with Crippen molar-refractivity contribution in [2.24, 2.45) is 5.73 Å². The molecule has 0 saturated heterocycles. The molecule has 4 nitrogen and oxygen atoms in total. The van der Waals surface area contributed by atoms with E-state index in [-0.39, 0.29) is 24.0 Å². The Morgan fingerprint density at radius 1 is 1.50 bits per heavy atom. The number of amides is 1. The van der Waals surface area contributed by atoms with Gasteiger partial charge in [-0.05, 0) is 38.3 Å². The third-order valence-electron chi connectivity index (χ3n) is 3.56. The Kier molecular flexibility index (Phi) is 5.16. The summed E-state index contributed by atoms with van der Waals surface area (Å²) in [4.78, 5) is 17.7. The van der Waals surface area contributed by atoms with Crippen LogP contribution < -0.4 is 11.1 Å². The lowest BCUT2D eigenvalue weighted by atomic mass is 9.99. The van der Waals surface area contributed by atoms with Crippen LogP contribution >= 0.6 is 23.7 Å². The van der Waals surface area contributed by atoms with E-state index in [1.54, 1.807) is 6.07 Å². The van der Waals surface area contributed by atoms with Crippen LogP contribution in [0.15, 0.2) is 18.2 Å². The molecule has 118 valence electrons. The summed E-state index contributed by atoms with van der Waals surface area (Å²) in [6.45, 7) is 1.82. The fourth-order valence-electron chi connectivity index (χ4n) is 2.43. The van der Waals surface area contributed by atoms with Crippen molar-refractivity contribution in [3.8, 4) is 0 Å². The van der Waals surface area contributed by atoms with Crippen LogP contribution in [0.5, 0.6) is 0 Å². The molecule has 0 bridgehead atoms. The van der Waals surface area contributed by atoms with Crippen LogP contribution in [0.25, 0.3) is 0 Å². The molecule has 0 saturated carbocycles. The van der Waals surface area contributed by atoms with Gasteiger partial charge in [-0.1, -0.05) is 11.6 Å². The normalized spacial score (nSPS) is 16.6. The van der Waals surface area contributed by atoms with Gasteiger partial charge >= 0.3 is 0 Å². The summed E-state index contributed by atoms with van der Waals surface area (Å²) in [5, 5.41) is 3.20. The van der Waals surface area contributed by atoms with E-state index in [1.807, 2.05) is 6.92 Å². The summed E-state index contributed by atoms with van der Waals surface area (Å²) in [6, 6.07) is 4.63. The number of thiazole rings is 1. The van der Waals surface area contributed by atoms with Gasteiger partial charge in [-0.15, -0.1) is 23.7 Å². The van der Waals surface area contributed by atoms with E-state index >= 15 is 0 Å². The number of fused-ring (bicyclic) bond motifs is 1. The molecule has 0 spiro atoms. The number of carbonyl (C=O) groups excluding carboxylic acids is 1. The summed E-state index contributed by atoms with van der Waals surface area (Å²) >= 11 is 1.43. The molecular weight excluding hydrogens is 325 g/mol. The second-order valence-corrected chi connectivity index (χ2v) is 6.41. The topological polar surface area (TPSA) is 68.0 Å². The second kappa shape index (κ2) is 6.73. The number of aromatic nitrogens is 1. The lowest BCUT2D eigenvalue weighted by Crippen LogP contribution is -2.27. The lowest BCUT2D eigenvalue weighted by Gasteiger charge is -2.15. The van der Waals surface area contributed by atoms with Crippen molar-refractivity contribution in [1.82, 2.24) is 4.98 Å². The van der Waals surface area contributed by atoms with Crippen LogP contribution in [0.1, 0.15) is 32.9 Å². The Morgan fingerprint density at radius 3 is 3.05 bits per heavy atom. The molecule has 1 amide bonds. The van der Waals surface area contributed by atoms with Crippen molar-refractivity contribution in [2.45, 2.75) is 32.2 Å². The Morgan fingerprint density at radius 2 is 2.27 bits per heavy atom. The summed E-state index contributed by atoms with van der Waals surface area (Å²) in [5.41, 5.74) is 7.81. The predicted molar refractivity (Wildman–Crippen MR) is 88.5 cm³/mol. The molecule has 1 aliphatic carbocycles. The van der Waals surface area contributed by atoms with Crippen molar-refractivity contribution in [1.29, 1.82) is 0 Å². The Bertz CT molecular complexity index is 704. The number of rotatable bonds is 2. The number of hydrogen-bond acceptors (Lipinski definition) is 4. The van der Waals surface area contributed by atoms with Crippen LogP contribution in [0.4, 0.5) is 9.52 Å². The summed E-state index contributed by atoms with van der Waals surface area (Å²) in [7, 11) is 0. The maximum absolute atomic E-state index is 13.7. The Balaban J connectivity index is 0.00000176. The number of halogens is 2. The molecule has 2 aromatic rings. The van der Waals surface area contributed by atoms with E-state index in [1.165, 1.54) is 23.5 Å². The molecular formula is C15H17ClFN3OS. The van der Waals surface area contributed by atoms with Crippen molar-refractivity contribution >= 4 is 34.8 Å². The standard InChI is InChI=1S/C15H16FN3OS.ClH/c1-8-2-4-11(16)10(6-8)14(20)19-15-18-12-5-3-9(17)7-13(12)21-15;/h2,4,6,9H,3,5,7,17H2,1H3,(H,18,19,20);1H/t9-;/m0./s1. The third-order valence-corrected chi connectivity index (χ3v) is 4.60. The van der Waals surface area contributed by atoms with E-state index in [0.29, 0.717) is 5.13 Å². The Labute approximate surface area is 138 Å². The fourth-order valence-corrected chi connectivity index (χ4v) is 3.53. The number of nitrogens with two attached hydrogens (primary N) is 1. The highest BCUT2D eigenvalue weighted by atomic mass is 35.5. The zero-order chi connectivity index (χ0) is 15.0. The van der Waals surface area contributed by atoms with Crippen molar-refractivity contribution in [3.63, 3.8) is 0 Å². The van der Waals surface area contributed by atoms with Gasteiger partial charge in [0.2, 0.25) is 0 Å². The van der Waals surface area contributed by atoms with E-state index in [4.69, 9.17) is 5.73 Å². The molecule has 1 aliphatic rings. The zero-order valence-corrected chi connectivity index (χ0v) is 13.7. The molecule has 1 aromatic carbocycles. The molecule has 7 heteroatoms. The molecule has 0 aliphatic heterocycles. The van der Waals surface area contributed by atoms with Crippen molar-refractivity contribution < 1.29 is 9.18 Å². The molecule has 22 heavy (non-hydrogen) atoms. The van der Waals surface area contributed by atoms with Gasteiger partial charge in [0.25, 0.3) is 5.91 Å². The zero-order valence-electron chi connectivity index (χ0n) is 12.1. The number of benzene rings is 1. The molecule has 1 heterocycles. The highest BCUT2D eigenvalue weighted by molar-refractivity contribution is 7.15. The number of aryl methyl sites for hydroxylation is 2. The van der Waals surface area contributed by atoms with E-state index in [9.17, 15) is 9.18 Å². The van der Waals surface area contributed by atoms with Gasteiger partial charge in [-0.25, -0.2) is 9.37 Å². The predicted octanol–water partition coefficient (Wildman–Crippen LogP) is 3.08. The second-order valence-electron chi connectivity index (χ2n) is 5.33. The van der Waals surface area contributed by atoms with Gasteiger partial charge in [0, 0.05) is 10.9 Å². The minimum absolute atomic E-state index is 0. The first-order chi connectivity index (χ1) is 10.0. The molecule has 3 N–H and O–H groups in total. The van der Waals surface area contributed by atoms with Crippen LogP contribution in [0, 0.1) is 12.7 Å². The number of nitrogens with zero attached hydrogens (tertiary/aromatic N) is 1. The summed E-state index contributed by atoms with van der Waals surface area (Å²) < 4.78 is 13.7. The highest BCUT2D eigenvalue weighted by Crippen LogP contribution is 2.29. The van der Waals surface area contributed by atoms with E-state index < -0.39 is 11.7 Å². The largest absolute Gasteiger partial charge is 0.327 e. The summed E-state index contributed by atoms with van der Waals surface area (Å²) in [5.74, 6) is -0.993. The van der Waals surface area contributed by atoms with Gasteiger partial charge in [-0.3, -0.25) is 10.1 Å². The quantitative estimate of drug-likeness (QED) is 0.882. The average molecular weight is 342 g/mol. The van der Waals surface area contributed by atoms with Gasteiger partial charge in [0.05, 0.1) is 11.3 Å². The van der Waals surface area contributed by atoms with Crippen molar-refractivity contribution in [3.05, 3.63) is 45.7 Å². The first kappa shape index (κ1) is 16.9. The molecule has 0 fully saturated rings. The fraction of sp³-hybridized carbons (Fsp3) is 0.333. The summed E-state index contributed by atoms with van der Waals surface area (Å²) in [6.07, 6.45) is 2.54. The first-order valence-electron chi connectivity index (χ1n) is 6.84. The van der Waals surface area contributed by atoms with Crippen LogP contribution in [-0.2, 0) is 12.8 Å². The van der Waals surface area contributed by atoms with E-state index in [0.717, 1.165) is 35.4 Å². The minimum atomic E-state index is -0.526. The number of nitrogens with one attached hydrogen (secondary N) is 1. The maximum atomic E-state index is 13.7. The van der Waals surface area contributed by atoms with Gasteiger partial charge in [0.1, 0.15) is 5.82 Å². The third kappa shape index (κ3) is 3.45. The average Bonchev–Trinajstić information content (AvgIpc) is 2.82. The number of hydrogen-bond donors (Lipinski definition) is 2. The molecule has 1 atom stereocenters. The van der Waals surface area contributed by atoms with Crippen LogP contribution in [0.3, 0.4) is 0 Å². The van der Waals surface area contributed by atoms with Gasteiger partial charge in [0.15, 0.2) is 5.13 Å². The highest BCUT2D eigenvalue weighted by Gasteiger charge is 2.21. The molecule has 0 radical (unpaired) electrons. The van der Waals surface area contributed by atoms with Crippen LogP contribution in [0.2, 0.25) is 0 Å². The SMILES string of the molecule is Cc1ccc(F)c(C(=O)Nc2nc3c(s2)C[C@@H](N)CC3)c1.Cl. The molecule has 0 unspecified atom stereocenters. The number of anilines is 1.